The van der Waals surface area contributed by atoms with Gasteiger partial charge in [-0.05, 0) is 25.1 Å². The fourth-order valence-corrected chi connectivity index (χ4v) is 1.52. The SMILES string of the molecule is C[C@H](NC(=O)[C@H](CC(=O)O)NC(=O)C=Cc1ccco1)C(=O)O. The number of carboxylic acids is 2. The minimum absolute atomic E-state index is 0.402. The molecule has 9 heteroatoms. The van der Waals surface area contributed by atoms with Gasteiger partial charge in [-0.3, -0.25) is 19.2 Å². The van der Waals surface area contributed by atoms with Crippen LogP contribution in [0.2, 0.25) is 0 Å². The summed E-state index contributed by atoms with van der Waals surface area (Å²) in [5, 5.41) is 21.8. The normalized spacial score (nSPS) is 13.3. The summed E-state index contributed by atoms with van der Waals surface area (Å²) in [4.78, 5) is 45.1. The molecule has 0 aliphatic carbocycles. The molecule has 0 radical (unpaired) electrons. The van der Waals surface area contributed by atoms with Crippen LogP contribution in [-0.4, -0.2) is 46.0 Å². The quantitative estimate of drug-likeness (QED) is 0.486. The number of carbonyl (C=O) groups excluding carboxylic acids is 2. The van der Waals surface area contributed by atoms with Crippen LogP contribution >= 0.6 is 0 Å². The van der Waals surface area contributed by atoms with Gasteiger partial charge < -0.3 is 25.3 Å². The van der Waals surface area contributed by atoms with Gasteiger partial charge in [0.15, 0.2) is 0 Å². The fraction of sp³-hybridized carbons (Fsp3) is 0.286. The van der Waals surface area contributed by atoms with E-state index in [1.807, 2.05) is 0 Å². The minimum Gasteiger partial charge on any atom is -0.481 e. The average Bonchev–Trinajstić information content (AvgIpc) is 2.97. The molecular formula is C14H16N2O7. The molecule has 2 atom stereocenters. The topological polar surface area (TPSA) is 146 Å². The molecule has 0 spiro atoms. The molecule has 0 bridgehead atoms. The standard InChI is InChI=1S/C14H16N2O7/c1-8(14(21)22)15-13(20)10(7-12(18)19)16-11(17)5-4-9-3-2-6-23-9/h2-6,8,10H,7H2,1H3,(H,15,20)(H,16,17)(H,18,19)(H,21,22)/t8-,10-/m0/s1. The predicted molar refractivity (Wildman–Crippen MR) is 77.2 cm³/mol. The number of rotatable bonds is 8. The maximum Gasteiger partial charge on any atom is 0.325 e. The van der Waals surface area contributed by atoms with E-state index in [1.54, 1.807) is 12.1 Å². The monoisotopic (exact) mass is 324 g/mol. The predicted octanol–water partition coefficient (Wildman–Crippen LogP) is -0.158. The molecule has 1 heterocycles. The van der Waals surface area contributed by atoms with Crippen molar-refractivity contribution in [2.24, 2.45) is 0 Å². The van der Waals surface area contributed by atoms with Crippen molar-refractivity contribution in [2.45, 2.75) is 25.4 Å². The van der Waals surface area contributed by atoms with Crippen LogP contribution in [0.25, 0.3) is 6.08 Å². The van der Waals surface area contributed by atoms with Gasteiger partial charge in [0.25, 0.3) is 0 Å². The zero-order chi connectivity index (χ0) is 17.4. The van der Waals surface area contributed by atoms with Crippen LogP contribution in [-0.2, 0) is 19.2 Å². The maximum absolute atomic E-state index is 11.9. The molecule has 124 valence electrons. The molecule has 0 saturated heterocycles. The van der Waals surface area contributed by atoms with Crippen molar-refractivity contribution in [3.8, 4) is 0 Å². The molecule has 1 rings (SSSR count). The van der Waals surface area contributed by atoms with Gasteiger partial charge >= 0.3 is 11.9 Å². The van der Waals surface area contributed by atoms with E-state index in [0.717, 1.165) is 6.08 Å². The van der Waals surface area contributed by atoms with Crippen LogP contribution in [0.15, 0.2) is 28.9 Å². The third kappa shape index (κ3) is 6.46. The highest BCUT2D eigenvalue weighted by atomic mass is 16.4. The maximum atomic E-state index is 11.9. The van der Waals surface area contributed by atoms with Crippen molar-refractivity contribution >= 4 is 29.8 Å². The molecule has 4 N–H and O–H groups in total. The summed E-state index contributed by atoms with van der Waals surface area (Å²) in [5.41, 5.74) is 0. The van der Waals surface area contributed by atoms with E-state index in [2.05, 4.69) is 10.6 Å². The summed E-state index contributed by atoms with van der Waals surface area (Å²) >= 11 is 0. The number of amides is 2. The first-order valence-corrected chi connectivity index (χ1v) is 6.56. The highest BCUT2D eigenvalue weighted by Gasteiger charge is 2.25. The Balaban J connectivity index is 2.69. The Morgan fingerprint density at radius 3 is 2.48 bits per heavy atom. The fourth-order valence-electron chi connectivity index (χ4n) is 1.52. The van der Waals surface area contributed by atoms with Crippen molar-refractivity contribution < 1.29 is 33.8 Å². The molecule has 0 saturated carbocycles. The number of nitrogens with one attached hydrogen (secondary N) is 2. The molecule has 9 nitrogen and oxygen atoms in total. The van der Waals surface area contributed by atoms with Crippen LogP contribution < -0.4 is 10.6 Å². The van der Waals surface area contributed by atoms with Gasteiger partial charge in [-0.15, -0.1) is 0 Å². The van der Waals surface area contributed by atoms with Gasteiger partial charge in [0.1, 0.15) is 17.8 Å². The first-order chi connectivity index (χ1) is 10.8. The van der Waals surface area contributed by atoms with Crippen molar-refractivity contribution in [1.82, 2.24) is 10.6 Å². The highest BCUT2D eigenvalue weighted by molar-refractivity contribution is 5.97. The molecule has 1 aromatic rings. The molecule has 2 amide bonds. The third-order valence-corrected chi connectivity index (χ3v) is 2.68. The molecule has 23 heavy (non-hydrogen) atoms. The summed E-state index contributed by atoms with van der Waals surface area (Å²) in [5.74, 6) is -3.81. The van der Waals surface area contributed by atoms with Gasteiger partial charge in [0.05, 0.1) is 12.7 Å². The second-order valence-corrected chi connectivity index (χ2v) is 4.58. The van der Waals surface area contributed by atoms with Crippen molar-refractivity contribution in [2.75, 3.05) is 0 Å². The number of hydrogen-bond donors (Lipinski definition) is 4. The van der Waals surface area contributed by atoms with Crippen molar-refractivity contribution in [3.05, 3.63) is 30.2 Å². The number of carboxylic acid groups (broad SMARTS) is 2. The Bertz CT molecular complexity index is 607. The number of furan rings is 1. The van der Waals surface area contributed by atoms with Crippen LogP contribution in [0.1, 0.15) is 19.1 Å². The Morgan fingerprint density at radius 1 is 1.26 bits per heavy atom. The number of hydrogen-bond acceptors (Lipinski definition) is 5. The van der Waals surface area contributed by atoms with Gasteiger partial charge in [0.2, 0.25) is 11.8 Å². The van der Waals surface area contributed by atoms with Crippen molar-refractivity contribution in [3.63, 3.8) is 0 Å². The van der Waals surface area contributed by atoms with Gasteiger partial charge in [-0.2, -0.15) is 0 Å². The molecule has 0 fully saturated rings. The third-order valence-electron chi connectivity index (χ3n) is 2.68. The molecule has 1 aromatic heterocycles. The second-order valence-electron chi connectivity index (χ2n) is 4.58. The van der Waals surface area contributed by atoms with Crippen LogP contribution in [0.5, 0.6) is 0 Å². The zero-order valence-corrected chi connectivity index (χ0v) is 12.2. The largest absolute Gasteiger partial charge is 0.481 e. The Kier molecular flexibility index (Phi) is 6.53. The summed E-state index contributed by atoms with van der Waals surface area (Å²) in [7, 11) is 0. The zero-order valence-electron chi connectivity index (χ0n) is 12.2. The summed E-state index contributed by atoms with van der Waals surface area (Å²) in [6, 6.07) is 0.600. The first-order valence-electron chi connectivity index (χ1n) is 6.56. The molecule has 0 aliphatic heterocycles. The number of aliphatic carboxylic acids is 2. The van der Waals surface area contributed by atoms with E-state index >= 15 is 0 Å². The van der Waals surface area contributed by atoms with E-state index in [9.17, 15) is 19.2 Å². The number of carbonyl (C=O) groups is 4. The minimum atomic E-state index is -1.40. The molecule has 0 unspecified atom stereocenters. The summed E-state index contributed by atoms with van der Waals surface area (Å²) in [6.07, 6.45) is 3.14. The lowest BCUT2D eigenvalue weighted by atomic mass is 10.1. The van der Waals surface area contributed by atoms with Gasteiger partial charge in [-0.1, -0.05) is 0 Å². The molecule has 0 aliphatic rings. The van der Waals surface area contributed by atoms with E-state index in [4.69, 9.17) is 14.6 Å². The Morgan fingerprint density at radius 2 is 1.96 bits per heavy atom. The smallest absolute Gasteiger partial charge is 0.325 e. The lowest BCUT2D eigenvalue weighted by molar-refractivity contribution is -0.142. The highest BCUT2D eigenvalue weighted by Crippen LogP contribution is 2.02. The second kappa shape index (κ2) is 8.37. The van der Waals surface area contributed by atoms with Crippen LogP contribution in [0.4, 0.5) is 0 Å². The van der Waals surface area contributed by atoms with Crippen LogP contribution in [0, 0.1) is 0 Å². The van der Waals surface area contributed by atoms with E-state index in [1.165, 1.54) is 19.3 Å². The van der Waals surface area contributed by atoms with Gasteiger partial charge in [0, 0.05) is 6.08 Å². The lowest BCUT2D eigenvalue weighted by Gasteiger charge is -2.17. The lowest BCUT2D eigenvalue weighted by Crippen LogP contribution is -2.51. The Hall–Kier alpha value is -3.10. The summed E-state index contributed by atoms with van der Waals surface area (Å²) < 4.78 is 4.97. The summed E-state index contributed by atoms with van der Waals surface area (Å²) in [6.45, 7) is 1.22. The molecule has 0 aromatic carbocycles. The van der Waals surface area contributed by atoms with E-state index in [-0.39, 0.29) is 0 Å². The first kappa shape index (κ1) is 18.0. The Labute approximate surface area is 131 Å². The van der Waals surface area contributed by atoms with E-state index < -0.39 is 42.3 Å². The average molecular weight is 324 g/mol. The van der Waals surface area contributed by atoms with Crippen molar-refractivity contribution in [1.29, 1.82) is 0 Å². The van der Waals surface area contributed by atoms with E-state index in [0.29, 0.717) is 5.76 Å². The van der Waals surface area contributed by atoms with Crippen LogP contribution in [0.3, 0.4) is 0 Å². The van der Waals surface area contributed by atoms with Gasteiger partial charge in [-0.25, -0.2) is 0 Å². The molecular weight excluding hydrogens is 308 g/mol.